The highest BCUT2D eigenvalue weighted by Gasteiger charge is 2.85. The molecule has 0 bridgehead atoms. The van der Waals surface area contributed by atoms with Crippen molar-refractivity contribution >= 4 is 11.9 Å². The third-order valence-corrected chi connectivity index (χ3v) is 3.17. The molecule has 1 heterocycles. The first-order valence-electron chi connectivity index (χ1n) is 6.13. The molecule has 1 fully saturated rings. The number of hydroxylamine groups is 2. The van der Waals surface area contributed by atoms with Crippen molar-refractivity contribution in [1.29, 1.82) is 0 Å². The molecule has 0 aromatic rings. The molecular weight excluding hydrogens is 340 g/mol. The van der Waals surface area contributed by atoms with Crippen LogP contribution in [0.1, 0.15) is 13.8 Å². The third-order valence-electron chi connectivity index (χ3n) is 3.17. The fourth-order valence-corrected chi connectivity index (χ4v) is 1.75. The Bertz CT molecular complexity index is 476. The molecule has 0 N–H and O–H groups in total. The summed E-state index contributed by atoms with van der Waals surface area (Å²) in [6.45, 7) is 0.0832. The highest BCUT2D eigenvalue weighted by Crippen LogP contribution is 2.57. The van der Waals surface area contributed by atoms with Crippen molar-refractivity contribution in [2.75, 3.05) is 20.3 Å². The number of hydrogen-bond donors (Lipinski definition) is 0. The van der Waals surface area contributed by atoms with Crippen LogP contribution in [0.25, 0.3) is 0 Å². The summed E-state index contributed by atoms with van der Waals surface area (Å²) in [5, 5.41) is -0.527. The Morgan fingerprint density at radius 2 is 1.57 bits per heavy atom. The lowest BCUT2D eigenvalue weighted by Crippen LogP contribution is -2.54. The smallest absolute Gasteiger partial charge is 0.419 e. The van der Waals surface area contributed by atoms with Gasteiger partial charge in [-0.1, -0.05) is 0 Å². The van der Waals surface area contributed by atoms with Crippen LogP contribution in [0.5, 0.6) is 0 Å². The highest BCUT2D eigenvalue weighted by atomic mass is 19.4. The second-order valence-corrected chi connectivity index (χ2v) is 4.73. The van der Waals surface area contributed by atoms with Gasteiger partial charge in [0, 0.05) is 0 Å². The molecule has 1 aliphatic heterocycles. The van der Waals surface area contributed by atoms with Crippen LogP contribution >= 0.6 is 0 Å². The van der Waals surface area contributed by atoms with Gasteiger partial charge in [0.2, 0.25) is 0 Å². The molecule has 2 unspecified atom stereocenters. The van der Waals surface area contributed by atoms with E-state index in [0.29, 0.717) is 6.92 Å². The van der Waals surface area contributed by atoms with Crippen molar-refractivity contribution < 1.29 is 50.2 Å². The standard InChI is InChI=1S/C11H13F6NO5/c1-4-22-7(20)8(2,6(19)21-3)23-18-5-9(18,10(12,13)14)11(15,16)17/h4-5H2,1-3H3. The van der Waals surface area contributed by atoms with Gasteiger partial charge in [-0.15, -0.1) is 0 Å². The van der Waals surface area contributed by atoms with E-state index in [4.69, 9.17) is 0 Å². The van der Waals surface area contributed by atoms with E-state index in [9.17, 15) is 35.9 Å². The van der Waals surface area contributed by atoms with Crippen molar-refractivity contribution in [3.63, 3.8) is 0 Å². The minimum Gasteiger partial charge on any atom is -0.466 e. The summed E-state index contributed by atoms with van der Waals surface area (Å²) in [6.07, 6.45) is -11.5. The number of ether oxygens (including phenoxy) is 2. The second-order valence-electron chi connectivity index (χ2n) is 4.73. The van der Waals surface area contributed by atoms with Gasteiger partial charge in [0.1, 0.15) is 0 Å². The molecule has 23 heavy (non-hydrogen) atoms. The summed E-state index contributed by atoms with van der Waals surface area (Å²) in [5.41, 5.74) is -7.09. The predicted molar refractivity (Wildman–Crippen MR) is 59.7 cm³/mol. The fraction of sp³-hybridized carbons (Fsp3) is 0.818. The normalized spacial score (nSPS) is 22.9. The van der Waals surface area contributed by atoms with Gasteiger partial charge in [-0.3, -0.25) is 4.84 Å². The molecule has 0 aliphatic carbocycles. The molecular formula is C11H13F6NO5. The average molecular weight is 353 g/mol. The highest BCUT2D eigenvalue weighted by molar-refractivity contribution is 6.03. The Hall–Kier alpha value is -1.56. The zero-order valence-corrected chi connectivity index (χ0v) is 12.2. The molecule has 1 aliphatic rings. The summed E-state index contributed by atoms with van der Waals surface area (Å²) in [7, 11) is 0.784. The van der Waals surface area contributed by atoms with Gasteiger partial charge in [-0.05, 0) is 13.8 Å². The molecule has 1 saturated heterocycles. The molecule has 0 amide bonds. The van der Waals surface area contributed by atoms with Crippen LogP contribution in [0.2, 0.25) is 0 Å². The van der Waals surface area contributed by atoms with Crippen LogP contribution < -0.4 is 0 Å². The van der Waals surface area contributed by atoms with E-state index in [0.717, 1.165) is 7.11 Å². The molecule has 134 valence electrons. The van der Waals surface area contributed by atoms with Crippen LogP contribution in [0.3, 0.4) is 0 Å². The Morgan fingerprint density at radius 3 is 1.87 bits per heavy atom. The molecule has 0 radical (unpaired) electrons. The zero-order chi connectivity index (χ0) is 18.3. The summed E-state index contributed by atoms with van der Waals surface area (Å²) < 4.78 is 85.3. The Morgan fingerprint density at radius 1 is 1.09 bits per heavy atom. The van der Waals surface area contributed by atoms with Crippen molar-refractivity contribution in [2.24, 2.45) is 0 Å². The lowest BCUT2D eigenvalue weighted by molar-refractivity contribution is -0.319. The fourth-order valence-electron chi connectivity index (χ4n) is 1.75. The van der Waals surface area contributed by atoms with Crippen LogP contribution in [0, 0.1) is 0 Å². The van der Waals surface area contributed by atoms with Crippen molar-refractivity contribution in [1.82, 2.24) is 5.06 Å². The first-order valence-corrected chi connectivity index (χ1v) is 6.13. The second kappa shape index (κ2) is 5.82. The van der Waals surface area contributed by atoms with E-state index in [-0.39, 0.29) is 6.61 Å². The molecule has 0 spiro atoms. The number of nitrogens with zero attached hydrogens (tertiary/aromatic N) is 1. The molecule has 1 rings (SSSR count). The minimum atomic E-state index is -5.73. The van der Waals surface area contributed by atoms with Crippen molar-refractivity contribution in [3.8, 4) is 0 Å². The van der Waals surface area contributed by atoms with Crippen LogP contribution in [0.15, 0.2) is 0 Å². The maximum absolute atomic E-state index is 12.8. The molecule has 0 aromatic heterocycles. The zero-order valence-electron chi connectivity index (χ0n) is 12.2. The number of carbonyl (C=O) groups excluding carboxylic acids is 2. The lowest BCUT2D eigenvalue weighted by Gasteiger charge is -2.28. The molecule has 0 aromatic carbocycles. The minimum absolute atomic E-state index is 0.279. The molecule has 0 saturated carbocycles. The van der Waals surface area contributed by atoms with Gasteiger partial charge in [0.05, 0.1) is 20.3 Å². The molecule has 12 heteroatoms. The lowest BCUT2D eigenvalue weighted by atomic mass is 10.1. The summed E-state index contributed by atoms with van der Waals surface area (Å²) in [5.74, 6) is -2.97. The van der Waals surface area contributed by atoms with Gasteiger partial charge >= 0.3 is 24.3 Å². The monoisotopic (exact) mass is 353 g/mol. The Balaban J connectivity index is 3.13. The number of methoxy groups -OCH3 is 1. The summed E-state index contributed by atoms with van der Waals surface area (Å²) >= 11 is 0. The third kappa shape index (κ3) is 3.09. The van der Waals surface area contributed by atoms with Gasteiger partial charge in [-0.25, -0.2) is 9.59 Å². The number of halogens is 6. The summed E-state index contributed by atoms with van der Waals surface area (Å²) in [4.78, 5) is 27.7. The number of carbonyl (C=O) groups is 2. The molecule has 2 atom stereocenters. The number of alkyl halides is 6. The average Bonchev–Trinajstić information content (AvgIpc) is 3.12. The predicted octanol–water partition coefficient (Wildman–Crippen LogP) is 1.59. The quantitative estimate of drug-likeness (QED) is 0.324. The number of hydrogen-bond acceptors (Lipinski definition) is 6. The van der Waals surface area contributed by atoms with E-state index >= 15 is 0 Å². The van der Waals surface area contributed by atoms with Crippen molar-refractivity contribution in [2.45, 2.75) is 37.3 Å². The van der Waals surface area contributed by atoms with Crippen LogP contribution in [0.4, 0.5) is 26.3 Å². The van der Waals surface area contributed by atoms with Crippen LogP contribution in [-0.2, 0) is 23.9 Å². The SMILES string of the molecule is CCOC(=O)C(C)(ON1CC1(C(F)(F)F)C(F)(F)F)C(=O)OC. The first-order chi connectivity index (χ1) is 10.3. The van der Waals surface area contributed by atoms with Crippen LogP contribution in [-0.4, -0.2) is 60.8 Å². The van der Waals surface area contributed by atoms with Gasteiger partial charge in [0.25, 0.3) is 11.1 Å². The number of rotatable bonds is 5. The Labute approximate surface area is 126 Å². The topological polar surface area (TPSA) is 64.8 Å². The Kier molecular flexibility index (Phi) is 4.93. The summed E-state index contributed by atoms with van der Waals surface area (Å²) in [6, 6.07) is 0. The van der Waals surface area contributed by atoms with E-state index in [1.165, 1.54) is 6.92 Å². The number of esters is 2. The van der Waals surface area contributed by atoms with E-state index < -0.39 is 47.0 Å². The van der Waals surface area contributed by atoms with Gasteiger partial charge in [-0.2, -0.15) is 31.4 Å². The maximum atomic E-state index is 12.8. The van der Waals surface area contributed by atoms with Gasteiger partial charge in [0.15, 0.2) is 0 Å². The van der Waals surface area contributed by atoms with E-state index in [1.807, 2.05) is 0 Å². The maximum Gasteiger partial charge on any atom is 0.419 e. The largest absolute Gasteiger partial charge is 0.466 e. The van der Waals surface area contributed by atoms with Gasteiger partial charge < -0.3 is 9.47 Å². The van der Waals surface area contributed by atoms with E-state index in [1.54, 1.807) is 0 Å². The first kappa shape index (κ1) is 19.5. The van der Waals surface area contributed by atoms with E-state index in [2.05, 4.69) is 14.3 Å². The molecule has 6 nitrogen and oxygen atoms in total. The van der Waals surface area contributed by atoms with Crippen molar-refractivity contribution in [3.05, 3.63) is 0 Å².